The molecule has 74 heavy (non-hydrogen) atoms. The minimum absolute atomic E-state index is 0.00691. The number of rotatable bonds is 17. The van der Waals surface area contributed by atoms with Gasteiger partial charge >= 0.3 is 5.51 Å². The van der Waals surface area contributed by atoms with Gasteiger partial charge in [0.25, 0.3) is 25.8 Å². The van der Waals surface area contributed by atoms with Crippen LogP contribution >= 0.6 is 11.6 Å². The van der Waals surface area contributed by atoms with E-state index in [1.54, 1.807) is 30.5 Å². The number of benzene rings is 3. The molecule has 2 bridgehead atoms. The maximum atomic E-state index is 14.1. The summed E-state index contributed by atoms with van der Waals surface area (Å²) in [4.78, 5) is 28.9. The molecule has 22 heteroatoms. The number of anilines is 2. The second-order valence-corrected chi connectivity index (χ2v) is 24.4. The number of hydrogen-bond acceptors (Lipinski definition) is 14. The Kier molecular flexibility index (Phi) is 15.1. The molecular formula is C52H61ClF3N9O7S2. The fourth-order valence-corrected chi connectivity index (χ4v) is 13.4. The summed E-state index contributed by atoms with van der Waals surface area (Å²) in [5.74, 6) is -0.910. The Morgan fingerprint density at radius 3 is 2.47 bits per heavy atom. The number of nitrogens with one attached hydrogen (secondary N) is 4. The van der Waals surface area contributed by atoms with E-state index in [0.717, 1.165) is 76.0 Å². The van der Waals surface area contributed by atoms with E-state index < -0.39 is 46.8 Å². The normalized spacial score (nSPS) is 22.4. The molecule has 396 valence electrons. The van der Waals surface area contributed by atoms with Gasteiger partial charge in [0.05, 0.1) is 35.6 Å². The predicted octanol–water partition coefficient (Wildman–Crippen LogP) is 7.37. The van der Waals surface area contributed by atoms with Crippen molar-refractivity contribution >= 4 is 65.3 Å². The Balaban J connectivity index is 0.866. The van der Waals surface area contributed by atoms with E-state index in [9.17, 15) is 34.8 Å². The smallest absolute Gasteiger partial charge is 0.455 e. The molecule has 16 nitrogen and oxygen atoms in total. The molecule has 6 heterocycles. The minimum atomic E-state index is -6.05. The number of sulfonamides is 1. The molecule has 3 atom stereocenters. The summed E-state index contributed by atoms with van der Waals surface area (Å²) in [5, 5.41) is 7.80. The number of aromatic amines is 1. The van der Waals surface area contributed by atoms with Crippen LogP contribution in [0.2, 0.25) is 5.02 Å². The Morgan fingerprint density at radius 2 is 1.74 bits per heavy atom. The Bertz CT molecular complexity index is 3130. The van der Waals surface area contributed by atoms with Crippen LogP contribution in [-0.4, -0.2) is 157 Å². The highest BCUT2D eigenvalue weighted by atomic mass is 35.5. The minimum Gasteiger partial charge on any atom is -0.455 e. The standard InChI is InChI=1S/C52H61ClF3N9O7S2/c1-51(34-65-33-39-26-41(65)30-59-39)13-11-44(35-3-5-38(53)6-4-35)37(29-51)32-63-17-19-64(20-18-63)40-7-9-45(47(27-40)72-42-25-36-12-15-58-49(36)60-31-42)50(66)61-74(69,70)43-8-10-46(48(28-43)73(67,68)52(54,55)56)57-14-2-16-62-21-23-71-24-22-62/h3-10,12,15,25,27-28,31,39,41,57,59H,2,11,13-14,16-24,26,29-30,32-34H2,1H3,(H,58,60)(H,61,66)/t39?,41?,51-/m1/s1. The first-order valence-electron chi connectivity index (χ1n) is 25.1. The molecule has 1 amide bonds. The average Bonchev–Trinajstić information content (AvgIpc) is 4.14. The quantitative estimate of drug-likeness (QED) is 0.0678. The molecule has 4 fully saturated rings. The second kappa shape index (κ2) is 21.4. The van der Waals surface area contributed by atoms with Crippen molar-refractivity contribution in [2.24, 2.45) is 5.41 Å². The van der Waals surface area contributed by atoms with E-state index in [-0.39, 0.29) is 29.0 Å². The maximum absolute atomic E-state index is 14.1. The summed E-state index contributed by atoms with van der Waals surface area (Å²) in [5.41, 5.74) is -0.872. The maximum Gasteiger partial charge on any atom is 0.501 e. The predicted molar refractivity (Wildman–Crippen MR) is 278 cm³/mol. The van der Waals surface area contributed by atoms with Gasteiger partial charge in [-0.3, -0.25) is 19.5 Å². The first-order valence-corrected chi connectivity index (χ1v) is 28.5. The molecular weight excluding hydrogens is 1020 g/mol. The Hall–Kier alpha value is -5.26. The molecule has 5 aromatic rings. The zero-order chi connectivity index (χ0) is 51.8. The van der Waals surface area contributed by atoms with E-state index in [2.05, 4.69) is 59.3 Å². The summed E-state index contributed by atoms with van der Waals surface area (Å²) in [7, 11) is -11.0. The van der Waals surface area contributed by atoms with E-state index in [0.29, 0.717) is 86.9 Å². The third-order valence-electron chi connectivity index (χ3n) is 15.1. The number of likely N-dealkylation sites (tertiary alicyclic amines) is 1. The number of carbonyl (C=O) groups is 1. The van der Waals surface area contributed by atoms with Crippen molar-refractivity contribution in [3.8, 4) is 11.5 Å². The number of halogens is 4. The molecule has 4 saturated heterocycles. The molecule has 2 unspecified atom stereocenters. The van der Waals surface area contributed by atoms with E-state index in [4.69, 9.17) is 21.1 Å². The van der Waals surface area contributed by atoms with Gasteiger partial charge in [0.2, 0.25) is 0 Å². The van der Waals surface area contributed by atoms with Gasteiger partial charge in [-0.25, -0.2) is 26.5 Å². The van der Waals surface area contributed by atoms with Crippen LogP contribution in [0.3, 0.4) is 0 Å². The Labute approximate surface area is 434 Å². The number of amides is 1. The van der Waals surface area contributed by atoms with Crippen LogP contribution < -0.4 is 25.0 Å². The average molecular weight is 1080 g/mol. The monoisotopic (exact) mass is 1080 g/mol. The summed E-state index contributed by atoms with van der Waals surface area (Å²) in [6.45, 7) is 12.5. The number of nitrogens with zero attached hydrogens (tertiary/aromatic N) is 5. The van der Waals surface area contributed by atoms with Crippen LogP contribution in [0.1, 0.15) is 54.9 Å². The molecule has 10 rings (SSSR count). The number of ether oxygens (including phenoxy) is 2. The number of piperazine rings is 2. The van der Waals surface area contributed by atoms with Crippen LogP contribution in [0, 0.1) is 5.41 Å². The van der Waals surface area contributed by atoms with Crippen LogP contribution in [0.15, 0.2) is 101 Å². The van der Waals surface area contributed by atoms with E-state index in [1.165, 1.54) is 35.4 Å². The number of hydrogen-bond donors (Lipinski definition) is 4. The number of morpholine rings is 1. The highest BCUT2D eigenvalue weighted by molar-refractivity contribution is 7.92. The zero-order valence-corrected chi connectivity index (χ0v) is 43.5. The molecule has 0 saturated carbocycles. The lowest BCUT2D eigenvalue weighted by Gasteiger charge is -2.43. The van der Waals surface area contributed by atoms with Gasteiger partial charge in [-0.1, -0.05) is 36.2 Å². The van der Waals surface area contributed by atoms with Crippen molar-refractivity contribution < 1.29 is 44.3 Å². The summed E-state index contributed by atoms with van der Waals surface area (Å²) in [6.07, 6.45) is 7.95. The van der Waals surface area contributed by atoms with Crippen molar-refractivity contribution in [3.63, 3.8) is 0 Å². The Morgan fingerprint density at radius 1 is 0.959 bits per heavy atom. The number of sulfone groups is 1. The number of pyridine rings is 1. The summed E-state index contributed by atoms with van der Waals surface area (Å²) >= 11 is 6.34. The fraction of sp³-hybridized carbons (Fsp3) is 0.462. The van der Waals surface area contributed by atoms with Crippen molar-refractivity contribution in [3.05, 3.63) is 107 Å². The van der Waals surface area contributed by atoms with Crippen LogP contribution in [0.4, 0.5) is 24.5 Å². The van der Waals surface area contributed by atoms with Gasteiger partial charge in [0, 0.05) is 112 Å². The topological polar surface area (TPSA) is 182 Å². The van der Waals surface area contributed by atoms with Gasteiger partial charge in [-0.2, -0.15) is 13.2 Å². The number of carbonyl (C=O) groups excluding carboxylic acids is 1. The van der Waals surface area contributed by atoms with Crippen LogP contribution in [0.25, 0.3) is 16.6 Å². The number of alkyl halides is 3. The van der Waals surface area contributed by atoms with Crippen molar-refractivity contribution in [1.82, 2.24) is 34.7 Å². The lowest BCUT2D eigenvalue weighted by atomic mass is 9.71. The lowest BCUT2D eigenvalue weighted by molar-refractivity contribution is -0.0435. The van der Waals surface area contributed by atoms with E-state index >= 15 is 0 Å². The van der Waals surface area contributed by atoms with E-state index in [1.807, 2.05) is 16.9 Å². The van der Waals surface area contributed by atoms with Crippen LogP contribution in [0.5, 0.6) is 11.5 Å². The zero-order valence-electron chi connectivity index (χ0n) is 41.1. The third-order valence-corrected chi connectivity index (χ3v) is 18.2. The highest BCUT2D eigenvalue weighted by Crippen LogP contribution is 2.45. The highest BCUT2D eigenvalue weighted by Gasteiger charge is 2.48. The second-order valence-electron chi connectivity index (χ2n) is 20.4. The molecule has 4 aliphatic heterocycles. The molecule has 2 aromatic heterocycles. The molecule has 3 aromatic carbocycles. The molecule has 1 aliphatic carbocycles. The first-order chi connectivity index (χ1) is 35.4. The lowest BCUT2D eigenvalue weighted by Crippen LogP contribution is -2.49. The summed E-state index contributed by atoms with van der Waals surface area (Å²) < 4.78 is 109. The van der Waals surface area contributed by atoms with Gasteiger partial charge in [-0.15, -0.1) is 0 Å². The first kappa shape index (κ1) is 52.2. The third kappa shape index (κ3) is 11.6. The van der Waals surface area contributed by atoms with Crippen molar-refractivity contribution in [2.45, 2.75) is 66.4 Å². The fourth-order valence-electron chi connectivity index (χ4n) is 11.2. The van der Waals surface area contributed by atoms with Gasteiger partial charge < -0.3 is 30.0 Å². The summed E-state index contributed by atoms with van der Waals surface area (Å²) in [6, 6.07) is 20.0. The van der Waals surface area contributed by atoms with Crippen LogP contribution in [-0.2, 0) is 24.6 Å². The van der Waals surface area contributed by atoms with Crippen molar-refractivity contribution in [1.29, 1.82) is 0 Å². The SMILES string of the molecule is C[C@@]1(CN2CC3CC2CN3)CCC(c2ccc(Cl)cc2)=C(CN2CCN(c3ccc(C(=O)NS(=O)(=O)c4ccc(NCCCN5CCOCC5)c(S(=O)(=O)C(F)(F)F)c4)c(Oc4cnc5[nH]ccc5c4)c3)CC2)C1. The number of fused-ring (bicyclic) bond motifs is 3. The van der Waals surface area contributed by atoms with Crippen molar-refractivity contribution in [2.75, 3.05) is 102 Å². The van der Waals surface area contributed by atoms with Gasteiger partial charge in [-0.05, 0) is 110 Å². The number of allylic oxidation sites excluding steroid dienone is 1. The molecule has 0 spiro atoms. The van der Waals surface area contributed by atoms with Gasteiger partial charge in [0.15, 0.2) is 0 Å². The largest absolute Gasteiger partial charge is 0.501 e. The number of H-pyrrole nitrogens is 1. The van der Waals surface area contributed by atoms with Gasteiger partial charge in [0.1, 0.15) is 22.0 Å². The molecule has 4 N–H and O–H groups in total. The molecule has 0 radical (unpaired) electrons. The molecule has 5 aliphatic rings. The number of aromatic nitrogens is 2.